The van der Waals surface area contributed by atoms with Crippen LogP contribution in [0.25, 0.3) is 21.8 Å². The topological polar surface area (TPSA) is 72.7 Å². The lowest BCUT2D eigenvalue weighted by atomic mass is 10.0. The van der Waals surface area contributed by atoms with E-state index in [-0.39, 0.29) is 5.91 Å². The minimum Gasteiger partial charge on any atom is -0.306 e. The Morgan fingerprint density at radius 1 is 0.909 bits per heavy atom. The summed E-state index contributed by atoms with van der Waals surface area (Å²) >= 11 is 0. The Labute approximate surface area is 192 Å². The highest BCUT2D eigenvalue weighted by Crippen LogP contribution is 2.24. The summed E-state index contributed by atoms with van der Waals surface area (Å²) in [5.74, 6) is 1.03. The van der Waals surface area contributed by atoms with Crippen LogP contribution in [0, 0.1) is 0 Å². The number of nitrogens with zero attached hydrogens (tertiary/aromatic N) is 4. The Kier molecular flexibility index (Phi) is 5.81. The molecule has 5 rings (SSSR count). The molecule has 0 aliphatic carbocycles. The number of hydrogen-bond acceptors (Lipinski definition) is 4. The molecule has 0 radical (unpaired) electrons. The minimum atomic E-state index is -0.191. The number of carbonyl (C=O) groups is 1. The molecule has 6 nitrogen and oxygen atoms in total. The fourth-order valence-corrected chi connectivity index (χ4v) is 4.01. The molecule has 1 amide bonds. The third-order valence-electron chi connectivity index (χ3n) is 5.74. The van der Waals surface area contributed by atoms with E-state index in [4.69, 9.17) is 9.97 Å². The Bertz CT molecular complexity index is 1420. The molecule has 33 heavy (non-hydrogen) atoms. The molecule has 0 unspecified atom stereocenters. The van der Waals surface area contributed by atoms with Crippen molar-refractivity contribution >= 4 is 33.5 Å². The van der Waals surface area contributed by atoms with Crippen molar-refractivity contribution in [2.45, 2.75) is 32.7 Å². The summed E-state index contributed by atoms with van der Waals surface area (Å²) in [6.45, 7) is 2.74. The van der Waals surface area contributed by atoms with Gasteiger partial charge in [-0.25, -0.2) is 14.6 Å². The van der Waals surface area contributed by atoms with Crippen LogP contribution in [0.5, 0.6) is 0 Å². The molecule has 0 aliphatic heterocycles. The molecule has 0 bridgehead atoms. The molecule has 6 heteroatoms. The maximum Gasteiger partial charge on any atom is 0.257 e. The lowest BCUT2D eigenvalue weighted by molar-refractivity contribution is 0.102. The van der Waals surface area contributed by atoms with Crippen molar-refractivity contribution in [3.8, 4) is 0 Å². The van der Waals surface area contributed by atoms with Gasteiger partial charge in [0.2, 0.25) is 0 Å². The fraction of sp³-hybridized carbons (Fsp3) is 0.185. The number of benzene rings is 3. The first-order chi connectivity index (χ1) is 16.2. The summed E-state index contributed by atoms with van der Waals surface area (Å²) in [4.78, 5) is 22.8. The van der Waals surface area contributed by atoms with Crippen molar-refractivity contribution in [1.29, 1.82) is 0 Å². The summed E-state index contributed by atoms with van der Waals surface area (Å²) in [6, 6.07) is 23.8. The van der Waals surface area contributed by atoms with Crippen LogP contribution in [0.1, 0.15) is 41.5 Å². The second-order valence-electron chi connectivity index (χ2n) is 8.10. The number of nitrogens with one attached hydrogen (secondary N) is 1. The highest BCUT2D eigenvalue weighted by Gasteiger charge is 2.17. The zero-order chi connectivity index (χ0) is 22.6. The lowest BCUT2D eigenvalue weighted by Gasteiger charge is -2.11. The van der Waals surface area contributed by atoms with Gasteiger partial charge in [-0.3, -0.25) is 4.79 Å². The quantitative estimate of drug-likeness (QED) is 0.360. The monoisotopic (exact) mass is 435 g/mol. The Balaban J connectivity index is 1.54. The summed E-state index contributed by atoms with van der Waals surface area (Å²) in [6.07, 6.45) is 4.51. The summed E-state index contributed by atoms with van der Waals surface area (Å²) in [5, 5.41) is 10.3. The van der Waals surface area contributed by atoms with Crippen LogP contribution in [-0.2, 0) is 13.0 Å². The molecule has 0 saturated heterocycles. The van der Waals surface area contributed by atoms with E-state index in [2.05, 4.69) is 29.5 Å². The van der Waals surface area contributed by atoms with E-state index in [1.165, 1.54) is 0 Å². The number of unbranched alkanes of at least 4 members (excludes halogenated alkanes) is 1. The number of carbonyl (C=O) groups excluding carboxylic acids is 1. The van der Waals surface area contributed by atoms with E-state index in [1.807, 2.05) is 65.3 Å². The Hall–Kier alpha value is -4.06. The average molecular weight is 436 g/mol. The molecule has 3 aromatic carbocycles. The molecule has 0 atom stereocenters. The first kappa shape index (κ1) is 20.8. The molecular weight excluding hydrogens is 410 g/mol. The molecule has 0 aliphatic rings. The Morgan fingerprint density at radius 2 is 1.70 bits per heavy atom. The second kappa shape index (κ2) is 9.20. The van der Waals surface area contributed by atoms with Crippen molar-refractivity contribution in [2.75, 3.05) is 5.32 Å². The summed E-state index contributed by atoms with van der Waals surface area (Å²) in [5.41, 5.74) is 2.48. The average Bonchev–Trinajstić information content (AvgIpc) is 3.25. The zero-order valence-electron chi connectivity index (χ0n) is 18.5. The number of fused-ring (bicyclic) bond motifs is 2. The molecule has 0 fully saturated rings. The lowest BCUT2D eigenvalue weighted by Crippen LogP contribution is -2.15. The fourth-order valence-electron chi connectivity index (χ4n) is 4.01. The van der Waals surface area contributed by atoms with Crippen molar-refractivity contribution in [2.24, 2.45) is 0 Å². The third-order valence-corrected chi connectivity index (χ3v) is 5.74. The number of amides is 1. The number of aromatic nitrogens is 4. The van der Waals surface area contributed by atoms with Crippen LogP contribution < -0.4 is 5.32 Å². The first-order valence-electron chi connectivity index (χ1n) is 11.3. The van der Waals surface area contributed by atoms with Gasteiger partial charge < -0.3 is 5.32 Å². The first-order valence-corrected chi connectivity index (χ1v) is 11.3. The molecule has 0 saturated carbocycles. The van der Waals surface area contributed by atoms with Crippen LogP contribution >= 0.6 is 0 Å². The van der Waals surface area contributed by atoms with Gasteiger partial charge in [0.15, 0.2) is 5.65 Å². The van der Waals surface area contributed by atoms with Crippen LogP contribution in [0.15, 0.2) is 79.0 Å². The predicted molar refractivity (Wildman–Crippen MR) is 131 cm³/mol. The minimum absolute atomic E-state index is 0.191. The van der Waals surface area contributed by atoms with Gasteiger partial charge >= 0.3 is 0 Å². The van der Waals surface area contributed by atoms with E-state index in [0.717, 1.165) is 46.6 Å². The second-order valence-corrected chi connectivity index (χ2v) is 8.10. The van der Waals surface area contributed by atoms with E-state index < -0.39 is 0 Å². The third kappa shape index (κ3) is 4.32. The summed E-state index contributed by atoms with van der Waals surface area (Å²) < 4.78 is 1.87. The van der Waals surface area contributed by atoms with Gasteiger partial charge in [-0.05, 0) is 28.8 Å². The smallest absolute Gasteiger partial charge is 0.257 e. The van der Waals surface area contributed by atoms with Crippen LogP contribution in [0.3, 0.4) is 0 Å². The van der Waals surface area contributed by atoms with Gasteiger partial charge in [0.25, 0.3) is 5.91 Å². The molecular formula is C27H25N5O. The van der Waals surface area contributed by atoms with E-state index in [9.17, 15) is 4.79 Å². The van der Waals surface area contributed by atoms with E-state index in [1.54, 1.807) is 6.20 Å². The number of anilines is 1. The van der Waals surface area contributed by atoms with Crippen molar-refractivity contribution in [1.82, 2.24) is 19.7 Å². The van der Waals surface area contributed by atoms with Gasteiger partial charge in [0.05, 0.1) is 18.1 Å². The van der Waals surface area contributed by atoms with E-state index >= 15 is 0 Å². The molecule has 1 N–H and O–H groups in total. The maximum atomic E-state index is 13.3. The van der Waals surface area contributed by atoms with Gasteiger partial charge in [0, 0.05) is 12.0 Å². The van der Waals surface area contributed by atoms with Crippen LogP contribution in [0.2, 0.25) is 0 Å². The standard InChI is InChI=1S/C27H25N5O/c1-2-3-16-24-29-25(31-27(33)22-15-9-13-20-12-7-8-14-21(20)22)23-17-28-32(26(23)30-24)18-19-10-5-4-6-11-19/h4-15,17H,2-3,16,18H2,1H3,(H,29,30,31,33). The predicted octanol–water partition coefficient (Wildman–Crippen LogP) is 5.62. The molecule has 164 valence electrons. The molecule has 0 spiro atoms. The van der Waals surface area contributed by atoms with Crippen LogP contribution in [0.4, 0.5) is 5.82 Å². The van der Waals surface area contributed by atoms with Gasteiger partial charge in [-0.1, -0.05) is 80.1 Å². The van der Waals surface area contributed by atoms with Crippen molar-refractivity contribution in [3.05, 3.63) is 95.9 Å². The highest BCUT2D eigenvalue weighted by molar-refractivity contribution is 6.14. The number of hydrogen-bond donors (Lipinski definition) is 1. The summed E-state index contributed by atoms with van der Waals surface area (Å²) in [7, 11) is 0. The molecule has 2 heterocycles. The SMILES string of the molecule is CCCCc1nc(NC(=O)c2cccc3ccccc23)c2cnn(Cc3ccccc3)c2n1. The zero-order valence-corrected chi connectivity index (χ0v) is 18.5. The van der Waals surface area contributed by atoms with Gasteiger partial charge in [0.1, 0.15) is 11.6 Å². The Morgan fingerprint density at radius 3 is 2.55 bits per heavy atom. The maximum absolute atomic E-state index is 13.3. The largest absolute Gasteiger partial charge is 0.306 e. The number of aryl methyl sites for hydroxylation is 1. The normalized spacial score (nSPS) is 11.2. The highest BCUT2D eigenvalue weighted by atomic mass is 16.1. The van der Waals surface area contributed by atoms with E-state index in [0.29, 0.717) is 23.8 Å². The van der Waals surface area contributed by atoms with Crippen molar-refractivity contribution < 1.29 is 4.79 Å². The number of rotatable bonds is 7. The van der Waals surface area contributed by atoms with Gasteiger partial charge in [-0.15, -0.1) is 0 Å². The molecule has 5 aromatic rings. The molecule has 2 aromatic heterocycles. The van der Waals surface area contributed by atoms with Gasteiger partial charge in [-0.2, -0.15) is 5.10 Å². The van der Waals surface area contributed by atoms with Crippen molar-refractivity contribution in [3.63, 3.8) is 0 Å². The van der Waals surface area contributed by atoms with Crippen LogP contribution in [-0.4, -0.2) is 25.7 Å².